The van der Waals surface area contributed by atoms with Gasteiger partial charge < -0.3 is 30.5 Å². The second-order valence-corrected chi connectivity index (χ2v) is 9.59. The van der Waals surface area contributed by atoms with E-state index in [4.69, 9.17) is 4.74 Å². The summed E-state index contributed by atoms with van der Waals surface area (Å²) >= 11 is 0. The molecule has 0 aromatic heterocycles. The predicted octanol–water partition coefficient (Wildman–Crippen LogP) is 2.37. The maximum absolute atomic E-state index is 13.5. The molecule has 3 amide bonds. The van der Waals surface area contributed by atoms with Crippen LogP contribution in [0.3, 0.4) is 0 Å². The minimum Gasteiger partial charge on any atom is -0.444 e. The predicted molar refractivity (Wildman–Crippen MR) is 136 cm³/mol. The molecule has 0 fully saturated rings. The highest BCUT2D eigenvalue weighted by molar-refractivity contribution is 5.92. The van der Waals surface area contributed by atoms with Crippen molar-refractivity contribution in [2.45, 2.75) is 58.8 Å². The number of nitrogens with zero attached hydrogens (tertiary/aromatic N) is 1. The number of alkyl carbamates (subject to hydrolysis) is 1. The van der Waals surface area contributed by atoms with Crippen LogP contribution in [-0.4, -0.2) is 64.4 Å². The molecule has 0 aliphatic rings. The zero-order valence-electron chi connectivity index (χ0n) is 21.6. The molecule has 0 aliphatic carbocycles. The summed E-state index contributed by atoms with van der Waals surface area (Å²) in [5.41, 5.74) is 2.55. The first-order chi connectivity index (χ1) is 17.0. The molecule has 2 rings (SSSR count). The fraction of sp³-hybridized carbons (Fsp3) is 0.444. The number of aliphatic hydroxyl groups excluding tert-OH is 2. The fourth-order valence-corrected chi connectivity index (χ4v) is 3.60. The third kappa shape index (κ3) is 8.35. The third-order valence-corrected chi connectivity index (χ3v) is 5.51. The fourth-order valence-electron chi connectivity index (χ4n) is 3.60. The summed E-state index contributed by atoms with van der Waals surface area (Å²) in [5, 5.41) is 24.9. The number of hydrogen-bond donors (Lipinski definition) is 4. The molecule has 2 aromatic rings. The molecule has 2 unspecified atom stereocenters. The van der Waals surface area contributed by atoms with Crippen molar-refractivity contribution in [2.75, 3.05) is 19.8 Å². The first-order valence-electron chi connectivity index (χ1n) is 11.9. The molecular formula is C27H37N3O6. The molecule has 0 bridgehead atoms. The van der Waals surface area contributed by atoms with E-state index in [1.807, 2.05) is 56.3 Å². The van der Waals surface area contributed by atoms with E-state index in [0.29, 0.717) is 5.56 Å². The number of aryl methyl sites for hydroxylation is 2. The molecule has 0 saturated heterocycles. The van der Waals surface area contributed by atoms with Crippen LogP contribution in [0.5, 0.6) is 0 Å². The lowest BCUT2D eigenvalue weighted by molar-refractivity contribution is -0.143. The van der Waals surface area contributed by atoms with Crippen LogP contribution in [0.2, 0.25) is 0 Å². The number of nitrogens with one attached hydrogen (secondary N) is 2. The van der Waals surface area contributed by atoms with Crippen LogP contribution < -0.4 is 10.6 Å². The highest BCUT2D eigenvalue weighted by atomic mass is 16.6. The summed E-state index contributed by atoms with van der Waals surface area (Å²) in [4.78, 5) is 40.5. The zero-order valence-corrected chi connectivity index (χ0v) is 21.6. The van der Waals surface area contributed by atoms with Crippen molar-refractivity contribution in [1.29, 1.82) is 0 Å². The van der Waals surface area contributed by atoms with Crippen molar-refractivity contribution in [3.05, 3.63) is 70.8 Å². The van der Waals surface area contributed by atoms with E-state index in [1.165, 1.54) is 4.90 Å². The molecule has 2 atom stereocenters. The Morgan fingerprint density at radius 3 is 2.22 bits per heavy atom. The van der Waals surface area contributed by atoms with E-state index in [0.717, 1.165) is 16.7 Å². The summed E-state index contributed by atoms with van der Waals surface area (Å²) in [7, 11) is 0. The SMILES string of the molecule is Cc1ccc(C(C(=O)NCc2ccccc2)N(CCO)C(=O)C(CO)NC(=O)OC(C)(C)C)cc1C. The summed E-state index contributed by atoms with van der Waals surface area (Å²) in [6.07, 6.45) is -0.880. The van der Waals surface area contributed by atoms with E-state index in [9.17, 15) is 24.6 Å². The lowest BCUT2D eigenvalue weighted by Crippen LogP contribution is -2.55. The van der Waals surface area contributed by atoms with E-state index in [2.05, 4.69) is 10.6 Å². The Labute approximate surface area is 212 Å². The van der Waals surface area contributed by atoms with Gasteiger partial charge in [0.1, 0.15) is 17.7 Å². The number of amides is 3. The van der Waals surface area contributed by atoms with Gasteiger partial charge >= 0.3 is 6.09 Å². The zero-order chi connectivity index (χ0) is 26.9. The summed E-state index contributed by atoms with van der Waals surface area (Å²) < 4.78 is 5.21. The summed E-state index contributed by atoms with van der Waals surface area (Å²) in [5.74, 6) is -1.19. The van der Waals surface area contributed by atoms with Gasteiger partial charge in [-0.15, -0.1) is 0 Å². The second-order valence-electron chi connectivity index (χ2n) is 9.59. The average molecular weight is 500 g/mol. The molecule has 0 radical (unpaired) electrons. The molecule has 2 aromatic carbocycles. The maximum atomic E-state index is 13.5. The van der Waals surface area contributed by atoms with Crippen molar-refractivity contribution in [2.24, 2.45) is 0 Å². The maximum Gasteiger partial charge on any atom is 0.408 e. The van der Waals surface area contributed by atoms with Crippen LogP contribution in [0.1, 0.15) is 49.1 Å². The van der Waals surface area contributed by atoms with Crippen LogP contribution in [-0.2, 0) is 20.9 Å². The molecule has 36 heavy (non-hydrogen) atoms. The molecule has 0 heterocycles. The molecular weight excluding hydrogens is 462 g/mol. The number of carbonyl (C=O) groups excluding carboxylic acids is 3. The molecule has 0 aliphatic heterocycles. The number of benzene rings is 2. The minimum atomic E-state index is -1.37. The number of rotatable bonds is 10. The van der Waals surface area contributed by atoms with Crippen LogP contribution in [0.25, 0.3) is 0 Å². The van der Waals surface area contributed by atoms with Gasteiger partial charge in [-0.2, -0.15) is 0 Å². The van der Waals surface area contributed by atoms with Crippen LogP contribution in [0, 0.1) is 13.8 Å². The first kappa shape index (κ1) is 28.8. The number of ether oxygens (including phenoxy) is 1. The van der Waals surface area contributed by atoms with E-state index in [1.54, 1.807) is 26.8 Å². The molecule has 9 nitrogen and oxygen atoms in total. The Morgan fingerprint density at radius 2 is 1.67 bits per heavy atom. The number of hydrogen-bond acceptors (Lipinski definition) is 6. The van der Waals surface area contributed by atoms with Gasteiger partial charge in [-0.1, -0.05) is 48.5 Å². The van der Waals surface area contributed by atoms with Crippen LogP contribution in [0.15, 0.2) is 48.5 Å². The van der Waals surface area contributed by atoms with Gasteiger partial charge in [0, 0.05) is 13.1 Å². The smallest absolute Gasteiger partial charge is 0.408 e. The Morgan fingerprint density at radius 1 is 1.00 bits per heavy atom. The lowest BCUT2D eigenvalue weighted by atomic mass is 9.98. The normalized spacial score (nSPS) is 12.9. The molecule has 196 valence electrons. The highest BCUT2D eigenvalue weighted by Crippen LogP contribution is 2.25. The lowest BCUT2D eigenvalue weighted by Gasteiger charge is -2.34. The largest absolute Gasteiger partial charge is 0.444 e. The van der Waals surface area contributed by atoms with E-state index in [-0.39, 0.29) is 13.1 Å². The van der Waals surface area contributed by atoms with Crippen molar-refractivity contribution in [3.8, 4) is 0 Å². The van der Waals surface area contributed by atoms with Crippen LogP contribution in [0.4, 0.5) is 4.79 Å². The molecule has 4 N–H and O–H groups in total. The van der Waals surface area contributed by atoms with Crippen LogP contribution >= 0.6 is 0 Å². The third-order valence-electron chi connectivity index (χ3n) is 5.51. The average Bonchev–Trinajstić information content (AvgIpc) is 2.82. The van der Waals surface area contributed by atoms with Gasteiger partial charge in [0.05, 0.1) is 13.2 Å². The van der Waals surface area contributed by atoms with Gasteiger partial charge in [-0.05, 0) is 56.9 Å². The Hall–Kier alpha value is -3.43. The van der Waals surface area contributed by atoms with E-state index < -0.39 is 48.8 Å². The van der Waals surface area contributed by atoms with E-state index >= 15 is 0 Å². The topological polar surface area (TPSA) is 128 Å². The van der Waals surface area contributed by atoms with Crippen molar-refractivity contribution < 1.29 is 29.3 Å². The Bertz CT molecular complexity index is 1040. The van der Waals surface area contributed by atoms with Gasteiger partial charge in [0.2, 0.25) is 11.8 Å². The monoisotopic (exact) mass is 499 g/mol. The molecule has 0 spiro atoms. The van der Waals surface area contributed by atoms with Gasteiger partial charge in [-0.25, -0.2) is 4.79 Å². The van der Waals surface area contributed by atoms with Gasteiger partial charge in [-0.3, -0.25) is 9.59 Å². The summed E-state index contributed by atoms with van der Waals surface area (Å²) in [6, 6.07) is 12.3. The van der Waals surface area contributed by atoms with Gasteiger partial charge in [0.25, 0.3) is 0 Å². The standard InChI is InChI=1S/C27H37N3O6/c1-18-11-12-21(15-19(18)2)23(24(33)28-16-20-9-7-6-8-10-20)30(13-14-31)25(34)22(17-32)29-26(35)36-27(3,4)5/h6-12,15,22-23,31-32H,13-14,16-17H2,1-5H3,(H,28,33)(H,29,35). The van der Waals surface area contributed by atoms with Crippen molar-refractivity contribution in [3.63, 3.8) is 0 Å². The highest BCUT2D eigenvalue weighted by Gasteiger charge is 2.36. The quantitative estimate of drug-likeness (QED) is 0.397. The minimum absolute atomic E-state index is 0.193. The second kappa shape index (κ2) is 13.0. The molecule has 0 saturated carbocycles. The number of carbonyl (C=O) groups is 3. The molecule has 9 heteroatoms. The van der Waals surface area contributed by atoms with Crippen molar-refractivity contribution >= 4 is 17.9 Å². The Kier molecular flexibility index (Phi) is 10.4. The number of aliphatic hydroxyl groups is 2. The van der Waals surface area contributed by atoms with Crippen molar-refractivity contribution in [1.82, 2.24) is 15.5 Å². The Balaban J connectivity index is 2.39. The first-order valence-corrected chi connectivity index (χ1v) is 11.9. The summed E-state index contributed by atoms with van der Waals surface area (Å²) in [6.45, 7) is 7.76. The van der Waals surface area contributed by atoms with Gasteiger partial charge in [0.15, 0.2) is 0 Å².